The molecule has 14 nitrogen and oxygen atoms in total. The van der Waals surface area contributed by atoms with Gasteiger partial charge in [-0.05, 0) is 48.7 Å². The Morgan fingerprint density at radius 1 is 0.923 bits per heavy atom. The van der Waals surface area contributed by atoms with Crippen molar-refractivity contribution in [3.8, 4) is 17.2 Å². The highest BCUT2D eigenvalue weighted by Crippen LogP contribution is 2.61. The molecule has 52 heavy (non-hydrogen) atoms. The Hall–Kier alpha value is -6.18. The minimum atomic E-state index is -1.24. The predicted molar refractivity (Wildman–Crippen MR) is 190 cm³/mol. The second-order valence-corrected chi connectivity index (χ2v) is 13.6. The highest BCUT2D eigenvalue weighted by atomic mass is 16.5. The van der Waals surface area contributed by atoms with E-state index in [4.69, 9.17) is 9.47 Å². The van der Waals surface area contributed by atoms with Gasteiger partial charge in [0, 0.05) is 38.1 Å². The lowest BCUT2D eigenvalue weighted by Gasteiger charge is -2.47. The molecule has 5 aromatic rings. The standard InChI is InChI=1S/C38H36N6O8/c1-38-25(33(46)43(35(38)48)22-10-6-5-7-11-22)18-28-24(32(38)21-9-8-12-23(45)17-21)13-16-42-36(49)41(37(50)44(28)42)15-14-26-34(47)40(2)29-20-31(52-4)30(51-3)19-27(29)39-26/h5-13,17,19-20,25,28,32,45H,14-16,18H2,1-4H3/t25-,28+,32-,38+/m0/s1. The summed E-state index contributed by atoms with van der Waals surface area (Å²) in [6.07, 6.45) is 1.96. The zero-order valence-corrected chi connectivity index (χ0v) is 29.0. The molecule has 1 N–H and O–H groups in total. The number of methoxy groups -OCH3 is 2. The molecule has 1 aliphatic carbocycles. The third-order valence-corrected chi connectivity index (χ3v) is 11.1. The SMILES string of the molecule is COc1cc2nc(CCn3c(=O)n4n(c3=O)[C@@H]3C[C@H]5C(=O)N(c6ccccc6)C(=O)[C@@]5(C)[C@@H](c5cccc(O)c5)C3=CC4)c(=O)n(C)c2cc1OC. The van der Waals surface area contributed by atoms with E-state index in [1.165, 1.54) is 39.1 Å². The van der Waals surface area contributed by atoms with E-state index < -0.39 is 34.7 Å². The number of fused-ring (bicyclic) bond motifs is 5. The van der Waals surface area contributed by atoms with Gasteiger partial charge in [0.25, 0.3) is 5.56 Å². The Bertz CT molecular complexity index is 2530. The van der Waals surface area contributed by atoms with Gasteiger partial charge in [0.1, 0.15) is 11.4 Å². The summed E-state index contributed by atoms with van der Waals surface area (Å²) in [5.41, 5.74) is 0.168. The number of benzene rings is 3. The molecule has 2 aliphatic heterocycles. The van der Waals surface area contributed by atoms with Crippen LogP contribution < -0.4 is 31.3 Å². The number of allylic oxidation sites excluding steroid dienone is 2. The van der Waals surface area contributed by atoms with E-state index in [9.17, 15) is 29.1 Å². The van der Waals surface area contributed by atoms with Crippen LogP contribution in [0.2, 0.25) is 0 Å². The van der Waals surface area contributed by atoms with Crippen molar-refractivity contribution in [3.63, 3.8) is 0 Å². The maximum absolute atomic E-state index is 14.4. The van der Waals surface area contributed by atoms with Gasteiger partial charge in [0.2, 0.25) is 11.8 Å². The Morgan fingerprint density at radius 2 is 1.65 bits per heavy atom. The molecule has 3 aromatic carbocycles. The minimum absolute atomic E-state index is 0.000812. The molecule has 0 bridgehead atoms. The van der Waals surface area contributed by atoms with Gasteiger partial charge in [0.15, 0.2) is 11.5 Å². The summed E-state index contributed by atoms with van der Waals surface area (Å²) < 4.78 is 16.1. The number of nitrogens with zero attached hydrogens (tertiary/aromatic N) is 6. The van der Waals surface area contributed by atoms with Crippen LogP contribution in [0.15, 0.2) is 92.8 Å². The number of aromatic nitrogens is 5. The normalized spacial score (nSPS) is 22.2. The Labute approximate surface area is 296 Å². The molecule has 2 aromatic heterocycles. The van der Waals surface area contributed by atoms with Crippen LogP contribution in [0.25, 0.3) is 11.0 Å². The maximum atomic E-state index is 14.4. The van der Waals surface area contributed by atoms with E-state index in [0.717, 1.165) is 4.57 Å². The second kappa shape index (κ2) is 12.0. The molecule has 4 atom stereocenters. The average Bonchev–Trinajstić information content (AvgIpc) is 3.51. The number of amides is 2. The highest BCUT2D eigenvalue weighted by molar-refractivity contribution is 6.24. The van der Waals surface area contributed by atoms with Crippen molar-refractivity contribution >= 4 is 28.5 Å². The van der Waals surface area contributed by atoms with Gasteiger partial charge in [-0.15, -0.1) is 0 Å². The quantitative estimate of drug-likeness (QED) is 0.199. The lowest BCUT2D eigenvalue weighted by Crippen LogP contribution is -2.49. The van der Waals surface area contributed by atoms with E-state index >= 15 is 0 Å². The summed E-state index contributed by atoms with van der Waals surface area (Å²) in [5.74, 6) is -1.40. The fourth-order valence-corrected chi connectivity index (χ4v) is 8.51. The number of carbonyl (C=O) groups is 2. The minimum Gasteiger partial charge on any atom is -0.508 e. The van der Waals surface area contributed by atoms with Crippen LogP contribution in [0.5, 0.6) is 17.2 Å². The number of carbonyl (C=O) groups excluding carboxylic acids is 2. The van der Waals surface area contributed by atoms with Crippen LogP contribution in [0.4, 0.5) is 5.69 Å². The third-order valence-electron chi connectivity index (χ3n) is 11.1. The number of para-hydroxylation sites is 1. The van der Waals surface area contributed by atoms with Crippen molar-refractivity contribution in [2.75, 3.05) is 19.1 Å². The first kappa shape index (κ1) is 33.0. The molecule has 1 saturated carbocycles. The monoisotopic (exact) mass is 704 g/mol. The summed E-state index contributed by atoms with van der Waals surface area (Å²) >= 11 is 0. The average molecular weight is 705 g/mol. The van der Waals surface area contributed by atoms with E-state index in [0.29, 0.717) is 39.4 Å². The summed E-state index contributed by atoms with van der Waals surface area (Å²) in [6.45, 7) is 1.71. The molecule has 266 valence electrons. The van der Waals surface area contributed by atoms with Crippen LogP contribution in [-0.4, -0.2) is 54.6 Å². The number of anilines is 1. The first-order valence-electron chi connectivity index (χ1n) is 17.0. The number of hydrogen-bond donors (Lipinski definition) is 1. The van der Waals surface area contributed by atoms with E-state index in [2.05, 4.69) is 4.98 Å². The van der Waals surface area contributed by atoms with Gasteiger partial charge in [-0.1, -0.05) is 36.4 Å². The van der Waals surface area contributed by atoms with Crippen LogP contribution in [0, 0.1) is 11.3 Å². The molecular weight excluding hydrogens is 668 g/mol. The first-order chi connectivity index (χ1) is 25.0. The molecule has 4 heterocycles. The van der Waals surface area contributed by atoms with E-state index in [1.807, 2.05) is 6.08 Å². The van der Waals surface area contributed by atoms with Crippen LogP contribution >= 0.6 is 0 Å². The zero-order valence-electron chi connectivity index (χ0n) is 29.0. The Balaban J connectivity index is 1.20. The van der Waals surface area contributed by atoms with Gasteiger partial charge in [-0.2, -0.15) is 0 Å². The summed E-state index contributed by atoms with van der Waals surface area (Å²) in [7, 11) is 4.61. The summed E-state index contributed by atoms with van der Waals surface area (Å²) in [6, 6.07) is 17.9. The molecule has 2 amide bonds. The zero-order chi connectivity index (χ0) is 36.6. The molecule has 2 fully saturated rings. The molecular formula is C38H36N6O8. The third kappa shape index (κ3) is 4.62. The van der Waals surface area contributed by atoms with Crippen molar-refractivity contribution in [3.05, 3.63) is 121 Å². The fraction of sp³-hybridized carbons (Fsp3) is 0.316. The maximum Gasteiger partial charge on any atom is 0.347 e. The van der Waals surface area contributed by atoms with Crippen LogP contribution in [0.1, 0.15) is 36.6 Å². The first-order valence-corrected chi connectivity index (χ1v) is 17.0. The number of aromatic hydroxyl groups is 1. The van der Waals surface area contributed by atoms with E-state index in [1.54, 1.807) is 74.6 Å². The smallest absolute Gasteiger partial charge is 0.347 e. The number of ether oxygens (including phenoxy) is 2. The Kier molecular flexibility index (Phi) is 7.59. The number of phenolic OH excluding ortho intramolecular Hbond substituents is 1. The fourth-order valence-electron chi connectivity index (χ4n) is 8.51. The molecule has 3 aliphatic rings. The lowest BCUT2D eigenvalue weighted by molar-refractivity contribution is -0.129. The van der Waals surface area contributed by atoms with Crippen molar-refractivity contribution < 1.29 is 24.2 Å². The number of imide groups is 1. The lowest BCUT2D eigenvalue weighted by atomic mass is 9.56. The van der Waals surface area contributed by atoms with Gasteiger partial charge in [-0.3, -0.25) is 14.4 Å². The largest absolute Gasteiger partial charge is 0.508 e. The number of aryl methyl sites for hydroxylation is 2. The molecule has 14 heteroatoms. The number of rotatable bonds is 7. The van der Waals surface area contributed by atoms with Crippen molar-refractivity contribution in [2.24, 2.45) is 18.4 Å². The van der Waals surface area contributed by atoms with E-state index in [-0.39, 0.29) is 54.7 Å². The van der Waals surface area contributed by atoms with Crippen molar-refractivity contribution in [1.29, 1.82) is 0 Å². The van der Waals surface area contributed by atoms with Gasteiger partial charge < -0.3 is 19.1 Å². The molecule has 1 saturated heterocycles. The molecule has 0 spiro atoms. The topological polar surface area (TPSA) is 160 Å². The molecule has 0 unspecified atom stereocenters. The number of phenols is 1. The highest BCUT2D eigenvalue weighted by Gasteiger charge is 2.65. The summed E-state index contributed by atoms with van der Waals surface area (Å²) in [4.78, 5) is 76.0. The Morgan fingerprint density at radius 3 is 2.37 bits per heavy atom. The van der Waals surface area contributed by atoms with Gasteiger partial charge in [0.05, 0.1) is 54.9 Å². The predicted octanol–water partition coefficient (Wildman–Crippen LogP) is 2.89. The van der Waals surface area contributed by atoms with Crippen molar-refractivity contribution in [2.45, 2.75) is 44.8 Å². The summed E-state index contributed by atoms with van der Waals surface area (Å²) in [5, 5.41) is 10.5. The van der Waals surface area contributed by atoms with Crippen LogP contribution in [0.3, 0.4) is 0 Å². The molecule has 8 rings (SSSR count). The van der Waals surface area contributed by atoms with Gasteiger partial charge in [-0.25, -0.2) is 33.4 Å². The van der Waals surface area contributed by atoms with Gasteiger partial charge >= 0.3 is 11.4 Å². The molecule has 0 radical (unpaired) electrons. The second-order valence-electron chi connectivity index (χ2n) is 13.6. The van der Waals surface area contributed by atoms with Crippen LogP contribution in [-0.2, 0) is 36.1 Å². The van der Waals surface area contributed by atoms with Crippen molar-refractivity contribution in [1.82, 2.24) is 23.5 Å². The number of hydrogen-bond acceptors (Lipinski definition) is 9.